The van der Waals surface area contributed by atoms with E-state index in [4.69, 9.17) is 0 Å². The van der Waals surface area contributed by atoms with Crippen LogP contribution in [0.5, 0.6) is 0 Å². The molecule has 0 saturated heterocycles. The SMILES string of the molecule is C=C(/C=C\C=C\CC(=O)C(CC)CCC)CNc1nc(S(C)(=O)=O)nc2c(C(C)C)cnn12. The van der Waals surface area contributed by atoms with Gasteiger partial charge in [0.1, 0.15) is 5.78 Å². The van der Waals surface area contributed by atoms with Crippen molar-refractivity contribution < 1.29 is 13.2 Å². The van der Waals surface area contributed by atoms with Crippen LogP contribution in [0.15, 0.2) is 47.8 Å². The van der Waals surface area contributed by atoms with Crippen molar-refractivity contribution in [1.29, 1.82) is 0 Å². The van der Waals surface area contributed by atoms with E-state index in [1.165, 1.54) is 4.52 Å². The summed E-state index contributed by atoms with van der Waals surface area (Å²) in [6, 6.07) is 0. The van der Waals surface area contributed by atoms with E-state index < -0.39 is 9.84 Å². The molecule has 2 rings (SSSR count). The number of ketones is 1. The van der Waals surface area contributed by atoms with Gasteiger partial charge in [0.2, 0.25) is 15.8 Å². The van der Waals surface area contributed by atoms with Crippen LogP contribution in [-0.2, 0) is 14.6 Å². The maximum absolute atomic E-state index is 12.2. The highest BCUT2D eigenvalue weighted by Crippen LogP contribution is 2.22. The number of allylic oxidation sites excluding steroid dienone is 3. The average Bonchev–Trinajstić information content (AvgIpc) is 3.19. The van der Waals surface area contributed by atoms with Crippen LogP contribution in [-0.4, -0.2) is 46.6 Å². The Morgan fingerprint density at radius 1 is 1.24 bits per heavy atom. The van der Waals surface area contributed by atoms with Crippen molar-refractivity contribution in [3.8, 4) is 0 Å². The van der Waals surface area contributed by atoms with Crippen LogP contribution in [0.2, 0.25) is 0 Å². The molecule has 8 nitrogen and oxygen atoms in total. The third kappa shape index (κ3) is 7.35. The highest BCUT2D eigenvalue weighted by atomic mass is 32.2. The van der Waals surface area contributed by atoms with Crippen molar-refractivity contribution in [3.05, 3.63) is 48.2 Å². The zero-order chi connectivity index (χ0) is 24.6. The molecule has 33 heavy (non-hydrogen) atoms. The van der Waals surface area contributed by atoms with E-state index in [9.17, 15) is 13.2 Å². The summed E-state index contributed by atoms with van der Waals surface area (Å²) in [6.45, 7) is 12.5. The molecule has 1 N–H and O–H groups in total. The Balaban J connectivity index is 2.06. The first kappa shape index (κ1) is 26.4. The fraction of sp³-hybridized carbons (Fsp3) is 0.500. The van der Waals surface area contributed by atoms with E-state index >= 15 is 0 Å². The number of hydrogen-bond donors (Lipinski definition) is 1. The minimum absolute atomic E-state index is 0.129. The van der Waals surface area contributed by atoms with Crippen LogP contribution in [0.3, 0.4) is 0 Å². The summed E-state index contributed by atoms with van der Waals surface area (Å²) in [4.78, 5) is 20.6. The van der Waals surface area contributed by atoms with Crippen molar-refractivity contribution in [3.63, 3.8) is 0 Å². The summed E-state index contributed by atoms with van der Waals surface area (Å²) in [5.74, 6) is 0.829. The van der Waals surface area contributed by atoms with Gasteiger partial charge in [-0.25, -0.2) is 8.42 Å². The number of sulfone groups is 1. The molecule has 2 aromatic heterocycles. The molecule has 1 atom stereocenters. The number of nitrogens with zero attached hydrogens (tertiary/aromatic N) is 4. The molecular formula is C24H35N5O3S. The van der Waals surface area contributed by atoms with E-state index in [-0.39, 0.29) is 28.7 Å². The molecule has 0 spiro atoms. The first-order valence-electron chi connectivity index (χ1n) is 11.3. The largest absolute Gasteiger partial charge is 0.350 e. The Kier molecular flexibility index (Phi) is 9.52. The molecule has 2 aromatic rings. The summed E-state index contributed by atoms with van der Waals surface area (Å²) in [7, 11) is -3.59. The van der Waals surface area contributed by atoms with Gasteiger partial charge in [-0.3, -0.25) is 4.79 Å². The highest BCUT2D eigenvalue weighted by Gasteiger charge is 2.19. The van der Waals surface area contributed by atoms with Gasteiger partial charge in [-0.1, -0.05) is 65.0 Å². The first-order chi connectivity index (χ1) is 15.6. The molecule has 0 bridgehead atoms. The van der Waals surface area contributed by atoms with Crippen molar-refractivity contribution in [1.82, 2.24) is 19.6 Å². The summed E-state index contributed by atoms with van der Waals surface area (Å²) in [5, 5.41) is 7.18. The van der Waals surface area contributed by atoms with E-state index in [1.807, 2.05) is 38.2 Å². The molecule has 0 aliphatic rings. The lowest BCUT2D eigenvalue weighted by molar-refractivity contribution is -0.122. The minimum atomic E-state index is -3.59. The summed E-state index contributed by atoms with van der Waals surface area (Å²) >= 11 is 0. The molecule has 0 aliphatic heterocycles. The zero-order valence-electron chi connectivity index (χ0n) is 20.2. The number of fused-ring (bicyclic) bond motifs is 1. The first-order valence-corrected chi connectivity index (χ1v) is 13.2. The number of aromatic nitrogens is 4. The number of rotatable bonds is 13. The highest BCUT2D eigenvalue weighted by molar-refractivity contribution is 7.90. The molecule has 180 valence electrons. The van der Waals surface area contributed by atoms with E-state index in [0.717, 1.165) is 36.7 Å². The van der Waals surface area contributed by atoms with E-state index in [1.54, 1.807) is 6.20 Å². The number of carbonyl (C=O) groups excluding carboxylic acids is 1. The number of nitrogens with one attached hydrogen (secondary N) is 1. The number of Topliss-reactive ketones (excluding diaryl/α,β-unsaturated/α-hetero) is 1. The minimum Gasteiger partial charge on any atom is -0.350 e. The van der Waals surface area contributed by atoms with Crippen molar-refractivity contribution in [2.75, 3.05) is 18.1 Å². The molecule has 0 radical (unpaired) electrons. The van der Waals surface area contributed by atoms with Crippen LogP contribution >= 0.6 is 0 Å². The van der Waals surface area contributed by atoms with Gasteiger partial charge in [-0.2, -0.15) is 19.6 Å². The van der Waals surface area contributed by atoms with Gasteiger partial charge in [-0.05, 0) is 24.3 Å². The summed E-state index contributed by atoms with van der Waals surface area (Å²) in [6.07, 6.45) is 13.4. The van der Waals surface area contributed by atoms with E-state index in [2.05, 4.69) is 40.8 Å². The average molecular weight is 474 g/mol. The van der Waals surface area contributed by atoms with Crippen LogP contribution in [0.1, 0.15) is 64.9 Å². The second-order valence-corrected chi connectivity index (χ2v) is 10.4. The molecule has 2 heterocycles. The third-order valence-corrected chi connectivity index (χ3v) is 6.13. The standard InChI is InChI=1S/C24H35N5O3S/c1-7-12-19(8-2)21(30)14-11-9-10-13-18(5)15-25-23-28-24(33(6,31)32)27-22-20(17(3)4)16-26-29(22)23/h9-11,13,16-17,19H,5,7-8,12,14-15H2,1-4,6H3,(H,25,27,28)/b11-9+,13-10-. The second kappa shape index (κ2) is 11.9. The van der Waals surface area contributed by atoms with Crippen LogP contribution in [0.4, 0.5) is 5.95 Å². The van der Waals surface area contributed by atoms with Gasteiger partial charge in [0.15, 0.2) is 5.65 Å². The maximum atomic E-state index is 12.2. The van der Waals surface area contributed by atoms with Crippen LogP contribution in [0, 0.1) is 5.92 Å². The van der Waals surface area contributed by atoms with E-state index in [0.29, 0.717) is 18.6 Å². The Morgan fingerprint density at radius 3 is 2.58 bits per heavy atom. The Morgan fingerprint density at radius 2 is 1.97 bits per heavy atom. The van der Waals surface area contributed by atoms with Crippen molar-refractivity contribution >= 4 is 27.2 Å². The Bertz CT molecular complexity index is 1150. The molecule has 0 amide bonds. The van der Waals surface area contributed by atoms with Gasteiger partial charge in [0.05, 0.1) is 6.20 Å². The number of hydrogen-bond acceptors (Lipinski definition) is 7. The zero-order valence-corrected chi connectivity index (χ0v) is 21.0. The predicted octanol–water partition coefficient (Wildman–Crippen LogP) is 4.52. The monoisotopic (exact) mass is 473 g/mol. The lowest BCUT2D eigenvalue weighted by atomic mass is 9.94. The number of carbonyl (C=O) groups is 1. The van der Waals surface area contributed by atoms with Gasteiger partial charge < -0.3 is 5.32 Å². The van der Waals surface area contributed by atoms with Crippen LogP contribution in [0.25, 0.3) is 5.65 Å². The fourth-order valence-corrected chi connectivity index (χ4v) is 3.88. The van der Waals surface area contributed by atoms with Crippen molar-refractivity contribution in [2.24, 2.45) is 5.92 Å². The molecule has 0 fully saturated rings. The second-order valence-electron chi connectivity index (χ2n) is 8.46. The smallest absolute Gasteiger partial charge is 0.252 e. The van der Waals surface area contributed by atoms with Crippen molar-refractivity contribution in [2.45, 2.75) is 64.5 Å². The van der Waals surface area contributed by atoms with Gasteiger partial charge in [0.25, 0.3) is 5.16 Å². The predicted molar refractivity (Wildman–Crippen MR) is 132 cm³/mol. The molecule has 0 saturated carbocycles. The number of anilines is 1. The molecule has 0 aliphatic carbocycles. The lowest BCUT2D eigenvalue weighted by Gasteiger charge is -2.10. The summed E-state index contributed by atoms with van der Waals surface area (Å²) in [5.41, 5.74) is 2.06. The normalized spacial score (nSPS) is 13.4. The Hall–Kier alpha value is -2.81. The maximum Gasteiger partial charge on any atom is 0.252 e. The summed E-state index contributed by atoms with van der Waals surface area (Å²) < 4.78 is 25.7. The van der Waals surface area contributed by atoms with Gasteiger partial charge in [-0.15, -0.1) is 0 Å². The van der Waals surface area contributed by atoms with Gasteiger partial charge in [0, 0.05) is 30.7 Å². The quantitative estimate of drug-likeness (QED) is 0.426. The van der Waals surface area contributed by atoms with Gasteiger partial charge >= 0.3 is 0 Å². The fourth-order valence-electron chi connectivity index (χ4n) is 3.38. The van der Waals surface area contributed by atoms with Crippen LogP contribution < -0.4 is 5.32 Å². The molecule has 0 aromatic carbocycles. The molecular weight excluding hydrogens is 438 g/mol. The Labute approximate surface area is 196 Å². The molecule has 1 unspecified atom stereocenters. The molecule has 9 heteroatoms. The topological polar surface area (TPSA) is 106 Å². The lowest BCUT2D eigenvalue weighted by Crippen LogP contribution is -2.15. The third-order valence-electron chi connectivity index (χ3n) is 5.29.